The molecule has 13 heteroatoms. The molecule has 3 aliphatic heterocycles. The predicted molar refractivity (Wildman–Crippen MR) is 122 cm³/mol. The highest BCUT2D eigenvalue weighted by Crippen LogP contribution is 2.34. The fourth-order valence-corrected chi connectivity index (χ4v) is 4.55. The first-order valence-corrected chi connectivity index (χ1v) is 11.7. The number of piperidine rings is 1. The normalized spacial score (nSPS) is 25.9. The van der Waals surface area contributed by atoms with Gasteiger partial charge in [-0.2, -0.15) is 13.2 Å². The third-order valence-corrected chi connectivity index (χ3v) is 6.75. The molecule has 0 aromatic carbocycles. The Labute approximate surface area is 207 Å². The molecule has 2 atom stereocenters. The molecule has 0 saturated carbocycles. The van der Waals surface area contributed by atoms with Crippen LogP contribution in [-0.2, 0) is 23.8 Å². The van der Waals surface area contributed by atoms with Crippen molar-refractivity contribution >= 4 is 17.8 Å². The van der Waals surface area contributed by atoms with Gasteiger partial charge in [-0.25, -0.2) is 14.8 Å². The number of carbonyl (C=O) groups excluding carboxylic acids is 1. The lowest BCUT2D eigenvalue weighted by atomic mass is 9.92. The molecule has 3 fully saturated rings. The lowest BCUT2D eigenvalue weighted by molar-refractivity contribution is -0.192. The number of morpholine rings is 1. The number of methoxy groups -OCH3 is 1. The van der Waals surface area contributed by atoms with Crippen molar-refractivity contribution in [2.24, 2.45) is 0 Å². The first kappa shape index (κ1) is 28.1. The summed E-state index contributed by atoms with van der Waals surface area (Å²) in [6.07, 6.45) is -3.25. The third-order valence-electron chi connectivity index (χ3n) is 6.75. The molecule has 1 amide bonds. The van der Waals surface area contributed by atoms with Gasteiger partial charge < -0.3 is 29.1 Å². The molecule has 1 aromatic rings. The number of carboxylic acids is 1. The van der Waals surface area contributed by atoms with E-state index in [0.717, 1.165) is 36.7 Å². The van der Waals surface area contributed by atoms with Gasteiger partial charge in [0.2, 0.25) is 5.95 Å². The fourth-order valence-electron chi connectivity index (χ4n) is 4.55. The molecule has 4 rings (SSSR count). The van der Waals surface area contributed by atoms with Crippen LogP contribution in [0.4, 0.5) is 19.1 Å². The van der Waals surface area contributed by atoms with E-state index in [1.807, 2.05) is 24.8 Å². The number of hydrogen-bond donors (Lipinski definition) is 1. The number of alkyl halides is 3. The van der Waals surface area contributed by atoms with Crippen LogP contribution in [0.1, 0.15) is 37.6 Å². The zero-order chi connectivity index (χ0) is 26.7. The quantitative estimate of drug-likeness (QED) is 0.643. The van der Waals surface area contributed by atoms with Gasteiger partial charge in [-0.3, -0.25) is 4.79 Å². The van der Waals surface area contributed by atoms with Gasteiger partial charge in [-0.15, -0.1) is 0 Å². The van der Waals surface area contributed by atoms with Crippen molar-refractivity contribution in [1.29, 1.82) is 0 Å². The number of aromatic nitrogens is 2. The van der Waals surface area contributed by atoms with Crippen LogP contribution in [0.5, 0.6) is 0 Å². The highest BCUT2D eigenvalue weighted by atomic mass is 19.4. The van der Waals surface area contributed by atoms with Gasteiger partial charge in [0.1, 0.15) is 11.7 Å². The van der Waals surface area contributed by atoms with Crippen molar-refractivity contribution in [3.05, 3.63) is 17.5 Å². The Kier molecular flexibility index (Phi) is 8.46. The summed E-state index contributed by atoms with van der Waals surface area (Å²) >= 11 is 0. The molecule has 2 unspecified atom stereocenters. The summed E-state index contributed by atoms with van der Waals surface area (Å²) in [5, 5.41) is 7.12. The van der Waals surface area contributed by atoms with Crippen LogP contribution in [0.25, 0.3) is 0 Å². The highest BCUT2D eigenvalue weighted by Gasteiger charge is 2.48. The van der Waals surface area contributed by atoms with E-state index in [2.05, 4.69) is 21.8 Å². The maximum atomic E-state index is 13.0. The Hall–Kier alpha value is -2.51. The van der Waals surface area contributed by atoms with Crippen LogP contribution in [0.15, 0.2) is 6.07 Å². The number of nitrogens with zero attached hydrogens (tertiary/aromatic N) is 4. The van der Waals surface area contributed by atoms with E-state index in [9.17, 15) is 18.0 Å². The number of anilines is 1. The van der Waals surface area contributed by atoms with Crippen LogP contribution < -0.4 is 4.90 Å². The summed E-state index contributed by atoms with van der Waals surface area (Å²) in [5.74, 6) is -1.95. The van der Waals surface area contributed by atoms with Gasteiger partial charge in [-0.05, 0) is 39.7 Å². The summed E-state index contributed by atoms with van der Waals surface area (Å²) < 4.78 is 49.4. The van der Waals surface area contributed by atoms with E-state index in [0.29, 0.717) is 39.3 Å². The van der Waals surface area contributed by atoms with Gasteiger partial charge in [0, 0.05) is 44.6 Å². The number of amides is 1. The molecule has 1 spiro atoms. The Morgan fingerprint density at radius 1 is 1.17 bits per heavy atom. The second-order valence-corrected chi connectivity index (χ2v) is 9.69. The standard InChI is InChI=1S/C21H32N4O4.C2HF3O2/c1-15-11-16(2)23-19(22-15)25-9-10-29-21(13-25)12-17(28-14-21)18(26)24-7-5-20(3,27-4)6-8-24;3-2(4,5)1(6)7/h11,17H,5-10,12-14H2,1-4H3;(H,6,7). The second-order valence-electron chi connectivity index (χ2n) is 9.69. The summed E-state index contributed by atoms with van der Waals surface area (Å²) in [7, 11) is 1.74. The molecular formula is C23H33F3N4O6. The molecule has 1 N–H and O–H groups in total. The molecule has 202 valence electrons. The van der Waals surface area contributed by atoms with E-state index >= 15 is 0 Å². The molecule has 3 saturated heterocycles. The predicted octanol–water partition coefficient (Wildman–Crippen LogP) is 2.12. The van der Waals surface area contributed by atoms with Crippen molar-refractivity contribution in [3.63, 3.8) is 0 Å². The Morgan fingerprint density at radius 2 is 1.75 bits per heavy atom. The Balaban J connectivity index is 0.000000454. The van der Waals surface area contributed by atoms with Crippen LogP contribution in [-0.4, -0.2) is 102 Å². The molecule has 4 heterocycles. The van der Waals surface area contributed by atoms with Crippen molar-refractivity contribution in [3.8, 4) is 0 Å². The topological polar surface area (TPSA) is 114 Å². The van der Waals surface area contributed by atoms with Crippen LogP contribution in [0.3, 0.4) is 0 Å². The zero-order valence-electron chi connectivity index (χ0n) is 20.9. The first-order chi connectivity index (χ1) is 16.8. The Morgan fingerprint density at radius 3 is 2.28 bits per heavy atom. The number of halogens is 3. The number of carboxylic acid groups (broad SMARTS) is 1. The maximum Gasteiger partial charge on any atom is 0.490 e. The lowest BCUT2D eigenvalue weighted by Gasteiger charge is -2.40. The molecular weight excluding hydrogens is 485 g/mol. The number of aryl methyl sites for hydroxylation is 2. The molecule has 1 aromatic heterocycles. The zero-order valence-corrected chi connectivity index (χ0v) is 20.9. The number of carbonyl (C=O) groups is 2. The monoisotopic (exact) mass is 518 g/mol. The van der Waals surface area contributed by atoms with Crippen molar-refractivity contribution in [2.45, 2.75) is 63.5 Å². The van der Waals surface area contributed by atoms with Gasteiger partial charge in [-0.1, -0.05) is 0 Å². The number of hydrogen-bond acceptors (Lipinski definition) is 8. The largest absolute Gasteiger partial charge is 0.490 e. The second kappa shape index (κ2) is 10.9. The van der Waals surface area contributed by atoms with Gasteiger partial charge >= 0.3 is 12.1 Å². The van der Waals surface area contributed by atoms with E-state index in [-0.39, 0.29) is 11.5 Å². The minimum atomic E-state index is -5.08. The maximum absolute atomic E-state index is 13.0. The molecule has 0 radical (unpaired) electrons. The van der Waals surface area contributed by atoms with E-state index in [4.69, 9.17) is 24.1 Å². The number of aliphatic carboxylic acids is 1. The SMILES string of the molecule is COC1(C)CCN(C(=O)C2CC3(CO2)CN(c2nc(C)cc(C)n2)CCO3)CC1.O=C(O)C(F)(F)F. The van der Waals surface area contributed by atoms with E-state index in [1.165, 1.54) is 0 Å². The number of ether oxygens (including phenoxy) is 3. The third kappa shape index (κ3) is 6.83. The van der Waals surface area contributed by atoms with Crippen LogP contribution in [0.2, 0.25) is 0 Å². The molecule has 10 nitrogen and oxygen atoms in total. The average molecular weight is 519 g/mol. The average Bonchev–Trinajstić information content (AvgIpc) is 3.21. The summed E-state index contributed by atoms with van der Waals surface area (Å²) in [5.41, 5.74) is 1.30. The Bertz CT molecular complexity index is 934. The first-order valence-electron chi connectivity index (χ1n) is 11.7. The minimum Gasteiger partial charge on any atom is -0.475 e. The lowest BCUT2D eigenvalue weighted by Crippen LogP contribution is -2.54. The van der Waals surface area contributed by atoms with Crippen molar-refractivity contribution < 1.29 is 42.1 Å². The fraction of sp³-hybridized carbons (Fsp3) is 0.739. The summed E-state index contributed by atoms with van der Waals surface area (Å²) in [4.78, 5) is 35.2. The van der Waals surface area contributed by atoms with Gasteiger partial charge in [0.25, 0.3) is 5.91 Å². The highest BCUT2D eigenvalue weighted by molar-refractivity contribution is 5.81. The van der Waals surface area contributed by atoms with E-state index in [1.54, 1.807) is 7.11 Å². The smallest absolute Gasteiger partial charge is 0.475 e. The van der Waals surface area contributed by atoms with E-state index < -0.39 is 23.9 Å². The van der Waals surface area contributed by atoms with Gasteiger partial charge in [0.15, 0.2) is 0 Å². The summed E-state index contributed by atoms with van der Waals surface area (Å²) in [6.45, 7) is 9.87. The molecule has 0 aliphatic carbocycles. The van der Waals surface area contributed by atoms with Crippen molar-refractivity contribution in [1.82, 2.24) is 14.9 Å². The van der Waals surface area contributed by atoms with Crippen LogP contribution >= 0.6 is 0 Å². The van der Waals surface area contributed by atoms with Crippen molar-refractivity contribution in [2.75, 3.05) is 51.4 Å². The minimum absolute atomic E-state index is 0.0726. The number of rotatable bonds is 3. The molecule has 0 bridgehead atoms. The van der Waals surface area contributed by atoms with Crippen LogP contribution in [0, 0.1) is 13.8 Å². The summed E-state index contributed by atoms with van der Waals surface area (Å²) in [6, 6.07) is 1.97. The van der Waals surface area contributed by atoms with Gasteiger partial charge in [0.05, 0.1) is 25.4 Å². The number of likely N-dealkylation sites (tertiary alicyclic amines) is 1. The molecule has 3 aliphatic rings. The molecule has 36 heavy (non-hydrogen) atoms.